The molecule has 4 aromatic rings. The van der Waals surface area contributed by atoms with E-state index < -0.39 is 0 Å². The highest BCUT2D eigenvalue weighted by Gasteiger charge is 2.10. The van der Waals surface area contributed by atoms with E-state index in [0.29, 0.717) is 0 Å². The highest BCUT2D eigenvalue weighted by atomic mass is 16.1. The van der Waals surface area contributed by atoms with Gasteiger partial charge in [-0.05, 0) is 76.9 Å². The normalized spacial score (nSPS) is 12.2. The second kappa shape index (κ2) is 14.9. The van der Waals surface area contributed by atoms with Crippen molar-refractivity contribution in [1.29, 1.82) is 0 Å². The highest BCUT2D eigenvalue weighted by molar-refractivity contribution is 6.23. The molecular weight excluding hydrogens is 462 g/mol. The number of benzene rings is 4. The minimum Gasteiger partial charge on any atom is -0.352 e. The minimum absolute atomic E-state index is 0.0970. The van der Waals surface area contributed by atoms with Crippen LogP contribution in [0.25, 0.3) is 32.3 Å². The Morgan fingerprint density at radius 1 is 0.684 bits per heavy atom. The molecule has 0 atom stereocenters. The monoisotopic (exact) mass is 509 g/mol. The van der Waals surface area contributed by atoms with Crippen LogP contribution in [0, 0.1) is 0 Å². The molecule has 4 rings (SSSR count). The molecule has 0 unspecified atom stereocenters. The number of hydrogen-bond acceptors (Lipinski definition) is 1. The maximum absolute atomic E-state index is 12.5. The number of rotatable bonds is 17. The van der Waals surface area contributed by atoms with Gasteiger partial charge < -0.3 is 5.32 Å². The minimum atomic E-state index is 0.0970. The van der Waals surface area contributed by atoms with E-state index in [4.69, 9.17) is 0 Å². The standard InChI is InChI=1S/C36H47NO/c1-3-4-5-6-7-8-9-10-11-12-13-17-28(2)36(38)37-27-15-14-18-29-21-22-32-24-23-30-19-16-20-31-25-26-33(29)35(32)34(30)31/h16-17,19-26H,3-15,18,27H2,1-2H3,(H,37,38)/b28-17+. The molecule has 0 saturated carbocycles. The molecular formula is C36H47NO. The fourth-order valence-electron chi connectivity index (χ4n) is 5.84. The number of amides is 1. The summed E-state index contributed by atoms with van der Waals surface area (Å²) in [6.45, 7) is 4.97. The van der Waals surface area contributed by atoms with Crippen molar-refractivity contribution in [2.24, 2.45) is 0 Å². The van der Waals surface area contributed by atoms with E-state index in [1.165, 1.54) is 102 Å². The first-order valence-corrected chi connectivity index (χ1v) is 15.3. The third-order valence-corrected chi connectivity index (χ3v) is 8.14. The second-order valence-corrected chi connectivity index (χ2v) is 11.2. The number of carbonyl (C=O) groups is 1. The van der Waals surface area contributed by atoms with E-state index >= 15 is 0 Å². The molecule has 2 heteroatoms. The Kier molecular flexibility index (Phi) is 11.0. The number of aryl methyl sites for hydroxylation is 1. The zero-order valence-corrected chi connectivity index (χ0v) is 23.8. The molecule has 0 spiro atoms. The third-order valence-electron chi connectivity index (χ3n) is 8.14. The molecule has 1 N–H and O–H groups in total. The molecule has 0 fully saturated rings. The second-order valence-electron chi connectivity index (χ2n) is 11.2. The van der Waals surface area contributed by atoms with Crippen molar-refractivity contribution in [3.05, 3.63) is 71.8 Å². The van der Waals surface area contributed by atoms with Gasteiger partial charge in [0, 0.05) is 12.1 Å². The van der Waals surface area contributed by atoms with Crippen LogP contribution >= 0.6 is 0 Å². The van der Waals surface area contributed by atoms with Crippen molar-refractivity contribution in [3.63, 3.8) is 0 Å². The molecule has 0 saturated heterocycles. The number of hydrogen-bond donors (Lipinski definition) is 1. The summed E-state index contributed by atoms with van der Waals surface area (Å²) in [5, 5.41) is 11.2. The van der Waals surface area contributed by atoms with Crippen LogP contribution in [0.15, 0.2) is 66.2 Å². The smallest absolute Gasteiger partial charge is 0.246 e. The van der Waals surface area contributed by atoms with E-state index in [1.807, 2.05) is 6.92 Å². The first kappa shape index (κ1) is 28.1. The fourth-order valence-corrected chi connectivity index (χ4v) is 5.84. The van der Waals surface area contributed by atoms with Crippen LogP contribution in [0.4, 0.5) is 0 Å². The van der Waals surface area contributed by atoms with Crippen LogP contribution in [0.2, 0.25) is 0 Å². The van der Waals surface area contributed by atoms with Gasteiger partial charge in [0.25, 0.3) is 0 Å². The van der Waals surface area contributed by atoms with Gasteiger partial charge in [-0.1, -0.05) is 125 Å². The van der Waals surface area contributed by atoms with Gasteiger partial charge in [-0.3, -0.25) is 4.79 Å². The van der Waals surface area contributed by atoms with Crippen molar-refractivity contribution in [1.82, 2.24) is 5.32 Å². The van der Waals surface area contributed by atoms with Crippen LogP contribution in [0.3, 0.4) is 0 Å². The molecule has 202 valence electrons. The third kappa shape index (κ3) is 7.59. The topological polar surface area (TPSA) is 29.1 Å². The van der Waals surface area contributed by atoms with Crippen molar-refractivity contribution >= 4 is 38.2 Å². The fraction of sp³-hybridized carbons (Fsp3) is 0.472. The van der Waals surface area contributed by atoms with Crippen LogP contribution in [-0.2, 0) is 11.2 Å². The van der Waals surface area contributed by atoms with E-state index in [2.05, 4.69) is 72.9 Å². The summed E-state index contributed by atoms with van der Waals surface area (Å²) in [7, 11) is 0. The molecule has 1 amide bonds. The summed E-state index contributed by atoms with van der Waals surface area (Å²) >= 11 is 0. The molecule has 0 aliphatic heterocycles. The molecule has 0 bridgehead atoms. The van der Waals surface area contributed by atoms with Crippen molar-refractivity contribution < 1.29 is 4.79 Å². The van der Waals surface area contributed by atoms with Gasteiger partial charge in [0.15, 0.2) is 0 Å². The average Bonchev–Trinajstić information content (AvgIpc) is 2.94. The lowest BCUT2D eigenvalue weighted by Crippen LogP contribution is -2.25. The largest absolute Gasteiger partial charge is 0.352 e. The SMILES string of the molecule is CCCCCCCCCCCC/C=C(\C)C(=O)NCCCCc1ccc2ccc3cccc4ccc1c2c34. The van der Waals surface area contributed by atoms with E-state index in [0.717, 1.165) is 37.8 Å². The van der Waals surface area contributed by atoms with Crippen LogP contribution < -0.4 is 5.32 Å². The van der Waals surface area contributed by atoms with Gasteiger partial charge in [0.1, 0.15) is 0 Å². The molecule has 0 aliphatic rings. The summed E-state index contributed by atoms with van der Waals surface area (Å²) in [4.78, 5) is 12.5. The molecule has 4 aromatic carbocycles. The van der Waals surface area contributed by atoms with Crippen molar-refractivity contribution in [2.45, 2.75) is 104 Å². The lowest BCUT2D eigenvalue weighted by molar-refractivity contribution is -0.117. The Labute approximate surface area is 230 Å². The van der Waals surface area contributed by atoms with Gasteiger partial charge in [-0.15, -0.1) is 0 Å². The quantitative estimate of drug-likeness (QED) is 0.0856. The van der Waals surface area contributed by atoms with Crippen molar-refractivity contribution in [2.75, 3.05) is 6.54 Å². The van der Waals surface area contributed by atoms with E-state index in [9.17, 15) is 4.79 Å². The van der Waals surface area contributed by atoms with Crippen molar-refractivity contribution in [3.8, 4) is 0 Å². The first-order valence-electron chi connectivity index (χ1n) is 15.3. The Hall–Kier alpha value is -2.87. The molecule has 0 heterocycles. The van der Waals surface area contributed by atoms with Gasteiger partial charge in [-0.2, -0.15) is 0 Å². The van der Waals surface area contributed by atoms with Crippen LogP contribution in [0.1, 0.15) is 103 Å². The maximum Gasteiger partial charge on any atom is 0.246 e. The summed E-state index contributed by atoms with van der Waals surface area (Å²) in [5.74, 6) is 0.0970. The Morgan fingerprint density at radius 3 is 2.00 bits per heavy atom. The molecule has 0 aromatic heterocycles. The summed E-state index contributed by atoms with van der Waals surface area (Å²) in [6.07, 6.45) is 19.8. The number of allylic oxidation sites excluding steroid dienone is 1. The lowest BCUT2D eigenvalue weighted by atomic mass is 9.90. The first-order chi connectivity index (χ1) is 18.7. The predicted octanol–water partition coefficient (Wildman–Crippen LogP) is 10.3. The Bertz CT molecular complexity index is 1300. The zero-order chi connectivity index (χ0) is 26.6. The summed E-state index contributed by atoms with van der Waals surface area (Å²) in [6, 6.07) is 20.2. The van der Waals surface area contributed by atoms with E-state index in [-0.39, 0.29) is 5.91 Å². The summed E-state index contributed by atoms with van der Waals surface area (Å²) < 4.78 is 0. The molecule has 0 radical (unpaired) electrons. The van der Waals surface area contributed by atoms with Gasteiger partial charge in [-0.25, -0.2) is 0 Å². The molecule has 0 aliphatic carbocycles. The molecule has 2 nitrogen and oxygen atoms in total. The number of carbonyl (C=O) groups excluding carboxylic acids is 1. The van der Waals surface area contributed by atoms with Crippen LogP contribution in [0.5, 0.6) is 0 Å². The zero-order valence-electron chi connectivity index (χ0n) is 23.8. The lowest BCUT2D eigenvalue weighted by Gasteiger charge is -2.14. The van der Waals surface area contributed by atoms with Crippen LogP contribution in [-0.4, -0.2) is 12.5 Å². The van der Waals surface area contributed by atoms with Gasteiger partial charge >= 0.3 is 0 Å². The average molecular weight is 510 g/mol. The number of nitrogens with one attached hydrogen (secondary N) is 1. The Balaban J connectivity index is 1.13. The highest BCUT2D eigenvalue weighted by Crippen LogP contribution is 2.36. The predicted molar refractivity (Wildman–Crippen MR) is 166 cm³/mol. The number of unbranched alkanes of at least 4 members (excludes halogenated alkanes) is 11. The van der Waals surface area contributed by atoms with E-state index in [1.54, 1.807) is 0 Å². The molecule has 38 heavy (non-hydrogen) atoms. The Morgan fingerprint density at radius 2 is 1.29 bits per heavy atom. The van der Waals surface area contributed by atoms with Gasteiger partial charge in [0.2, 0.25) is 5.91 Å². The maximum atomic E-state index is 12.5. The summed E-state index contributed by atoms with van der Waals surface area (Å²) in [5.41, 5.74) is 2.28. The van der Waals surface area contributed by atoms with Gasteiger partial charge in [0.05, 0.1) is 0 Å².